The number of nitrogen functional groups attached to an aromatic ring is 1. The third kappa shape index (κ3) is 1.98. The summed E-state index contributed by atoms with van der Waals surface area (Å²) in [6, 6.07) is 0. The highest BCUT2D eigenvalue weighted by Gasteiger charge is 2.32. The second-order valence-corrected chi connectivity index (χ2v) is 7.08. The average molecular weight is 292 g/mol. The molecule has 0 atom stereocenters. The molecule has 2 aromatic rings. The molecule has 1 saturated carbocycles. The first-order valence-electron chi connectivity index (χ1n) is 6.91. The summed E-state index contributed by atoms with van der Waals surface area (Å²) >= 11 is 1.42. The standard InChI is InChI=1S/C14H20N4OS/c1-8-9-10(15)11(20-13(9)18(3)17-8)12(19)16-7-14(2)5-4-6-14/h4-7,15H2,1-3H3,(H,16,19). The lowest BCUT2D eigenvalue weighted by Gasteiger charge is -2.38. The third-order valence-electron chi connectivity index (χ3n) is 4.32. The zero-order chi connectivity index (χ0) is 14.5. The van der Waals surface area contributed by atoms with Crippen molar-refractivity contribution in [1.29, 1.82) is 0 Å². The highest BCUT2D eigenvalue weighted by molar-refractivity contribution is 7.21. The minimum atomic E-state index is -0.0591. The Morgan fingerprint density at radius 2 is 2.25 bits per heavy atom. The molecular formula is C14H20N4OS. The Labute approximate surface area is 122 Å². The van der Waals surface area contributed by atoms with Crippen LogP contribution in [0, 0.1) is 12.3 Å². The maximum Gasteiger partial charge on any atom is 0.263 e. The molecule has 1 aliphatic carbocycles. The van der Waals surface area contributed by atoms with Gasteiger partial charge in [0.15, 0.2) is 0 Å². The molecule has 0 aromatic carbocycles. The summed E-state index contributed by atoms with van der Waals surface area (Å²) in [5, 5.41) is 8.28. The molecule has 3 N–H and O–H groups in total. The quantitative estimate of drug-likeness (QED) is 0.912. The van der Waals surface area contributed by atoms with Crippen molar-refractivity contribution in [3.05, 3.63) is 10.6 Å². The topological polar surface area (TPSA) is 72.9 Å². The number of hydrogen-bond acceptors (Lipinski definition) is 4. The largest absolute Gasteiger partial charge is 0.397 e. The van der Waals surface area contributed by atoms with E-state index < -0.39 is 0 Å². The molecule has 2 heterocycles. The summed E-state index contributed by atoms with van der Waals surface area (Å²) in [6.45, 7) is 4.87. The van der Waals surface area contributed by atoms with Crippen molar-refractivity contribution in [2.45, 2.75) is 33.1 Å². The van der Waals surface area contributed by atoms with E-state index >= 15 is 0 Å². The van der Waals surface area contributed by atoms with E-state index in [0.717, 1.165) is 22.5 Å². The van der Waals surface area contributed by atoms with Gasteiger partial charge in [0, 0.05) is 13.6 Å². The van der Waals surface area contributed by atoms with Gasteiger partial charge in [-0.15, -0.1) is 11.3 Å². The number of fused-ring (bicyclic) bond motifs is 1. The van der Waals surface area contributed by atoms with Gasteiger partial charge in [-0.1, -0.05) is 13.3 Å². The Bertz CT molecular complexity index is 681. The van der Waals surface area contributed by atoms with Gasteiger partial charge in [0.25, 0.3) is 5.91 Å². The SMILES string of the molecule is Cc1nn(C)c2sc(C(=O)NCC3(C)CCC3)c(N)c12. The van der Waals surface area contributed by atoms with E-state index in [2.05, 4.69) is 17.3 Å². The van der Waals surface area contributed by atoms with Crippen molar-refractivity contribution >= 4 is 33.1 Å². The number of anilines is 1. The first-order valence-corrected chi connectivity index (χ1v) is 7.73. The summed E-state index contributed by atoms with van der Waals surface area (Å²) in [4.78, 5) is 13.9. The van der Waals surface area contributed by atoms with E-state index in [9.17, 15) is 4.79 Å². The lowest BCUT2D eigenvalue weighted by atomic mass is 9.70. The van der Waals surface area contributed by atoms with E-state index in [-0.39, 0.29) is 11.3 Å². The number of thiophene rings is 1. The Balaban J connectivity index is 1.84. The normalized spacial score (nSPS) is 17.1. The molecule has 0 bridgehead atoms. The van der Waals surface area contributed by atoms with Gasteiger partial charge >= 0.3 is 0 Å². The van der Waals surface area contributed by atoms with Crippen LogP contribution >= 0.6 is 11.3 Å². The van der Waals surface area contributed by atoms with Crippen molar-refractivity contribution in [3.8, 4) is 0 Å². The van der Waals surface area contributed by atoms with Crippen LogP contribution in [0.15, 0.2) is 0 Å². The fourth-order valence-corrected chi connectivity index (χ4v) is 3.93. The number of nitrogens with one attached hydrogen (secondary N) is 1. The Hall–Kier alpha value is -1.56. The monoisotopic (exact) mass is 292 g/mol. The Kier molecular flexibility index (Phi) is 3.01. The van der Waals surface area contributed by atoms with Gasteiger partial charge in [-0.2, -0.15) is 5.10 Å². The molecule has 0 radical (unpaired) electrons. The van der Waals surface area contributed by atoms with Crippen molar-refractivity contribution < 1.29 is 4.79 Å². The molecule has 0 aliphatic heterocycles. The molecule has 1 aliphatic rings. The molecule has 1 amide bonds. The molecule has 3 rings (SSSR count). The molecular weight excluding hydrogens is 272 g/mol. The van der Waals surface area contributed by atoms with Crippen LogP contribution in [0.25, 0.3) is 10.2 Å². The average Bonchev–Trinajstić information content (AvgIpc) is 2.84. The van der Waals surface area contributed by atoms with Crippen LogP contribution < -0.4 is 11.1 Å². The summed E-state index contributed by atoms with van der Waals surface area (Å²) in [6.07, 6.45) is 3.65. The number of aryl methyl sites for hydroxylation is 2. The van der Waals surface area contributed by atoms with Crippen LogP contribution in [0.5, 0.6) is 0 Å². The third-order valence-corrected chi connectivity index (χ3v) is 5.60. The van der Waals surface area contributed by atoms with Gasteiger partial charge in [0.1, 0.15) is 9.71 Å². The predicted octanol–water partition coefficient (Wildman–Crippen LogP) is 2.45. The van der Waals surface area contributed by atoms with Crippen LogP contribution in [-0.2, 0) is 7.05 Å². The number of rotatable bonds is 3. The Morgan fingerprint density at radius 1 is 1.55 bits per heavy atom. The van der Waals surface area contributed by atoms with E-state index in [1.807, 2.05) is 14.0 Å². The van der Waals surface area contributed by atoms with Crippen LogP contribution in [-0.4, -0.2) is 22.2 Å². The van der Waals surface area contributed by atoms with Gasteiger partial charge in [0.2, 0.25) is 0 Å². The maximum atomic E-state index is 12.3. The van der Waals surface area contributed by atoms with Crippen LogP contribution in [0.2, 0.25) is 0 Å². The molecule has 2 aromatic heterocycles. The highest BCUT2D eigenvalue weighted by Crippen LogP contribution is 2.40. The fraction of sp³-hybridized carbons (Fsp3) is 0.571. The zero-order valence-electron chi connectivity index (χ0n) is 12.1. The lowest BCUT2D eigenvalue weighted by Crippen LogP contribution is -2.39. The van der Waals surface area contributed by atoms with E-state index in [4.69, 9.17) is 5.73 Å². The van der Waals surface area contributed by atoms with E-state index in [1.54, 1.807) is 4.68 Å². The second-order valence-electron chi connectivity index (χ2n) is 6.08. The number of nitrogens with zero attached hydrogens (tertiary/aromatic N) is 2. The molecule has 0 saturated heterocycles. The first-order chi connectivity index (χ1) is 9.41. The summed E-state index contributed by atoms with van der Waals surface area (Å²) < 4.78 is 1.79. The van der Waals surface area contributed by atoms with Gasteiger partial charge in [-0.05, 0) is 25.2 Å². The van der Waals surface area contributed by atoms with Crippen molar-refractivity contribution in [2.75, 3.05) is 12.3 Å². The van der Waals surface area contributed by atoms with Crippen LogP contribution in [0.1, 0.15) is 41.6 Å². The zero-order valence-corrected chi connectivity index (χ0v) is 12.9. The summed E-state index contributed by atoms with van der Waals surface area (Å²) in [5.41, 5.74) is 7.85. The van der Waals surface area contributed by atoms with Crippen LogP contribution in [0.4, 0.5) is 5.69 Å². The van der Waals surface area contributed by atoms with Crippen molar-refractivity contribution in [1.82, 2.24) is 15.1 Å². The number of aromatic nitrogens is 2. The number of carbonyl (C=O) groups excluding carboxylic acids is 1. The van der Waals surface area contributed by atoms with Gasteiger partial charge < -0.3 is 11.1 Å². The van der Waals surface area contributed by atoms with E-state index in [1.165, 1.54) is 30.6 Å². The fourth-order valence-electron chi connectivity index (χ4n) is 2.83. The van der Waals surface area contributed by atoms with E-state index in [0.29, 0.717) is 10.6 Å². The molecule has 5 nitrogen and oxygen atoms in total. The smallest absolute Gasteiger partial charge is 0.263 e. The van der Waals surface area contributed by atoms with Crippen LogP contribution in [0.3, 0.4) is 0 Å². The summed E-state index contributed by atoms with van der Waals surface area (Å²) in [7, 11) is 1.88. The van der Waals surface area contributed by atoms with Gasteiger partial charge in [-0.25, -0.2) is 0 Å². The first kappa shape index (κ1) is 13.4. The van der Waals surface area contributed by atoms with Crippen molar-refractivity contribution in [2.24, 2.45) is 12.5 Å². The predicted molar refractivity (Wildman–Crippen MR) is 82.0 cm³/mol. The highest BCUT2D eigenvalue weighted by atomic mass is 32.1. The van der Waals surface area contributed by atoms with Crippen molar-refractivity contribution in [3.63, 3.8) is 0 Å². The van der Waals surface area contributed by atoms with Gasteiger partial charge in [0.05, 0.1) is 16.8 Å². The lowest BCUT2D eigenvalue weighted by molar-refractivity contribution is 0.0895. The molecule has 0 spiro atoms. The summed E-state index contributed by atoms with van der Waals surface area (Å²) in [5.74, 6) is -0.0591. The number of hydrogen-bond donors (Lipinski definition) is 2. The molecule has 0 unspecified atom stereocenters. The Morgan fingerprint density at radius 3 is 2.80 bits per heavy atom. The second kappa shape index (κ2) is 4.48. The van der Waals surface area contributed by atoms with Gasteiger partial charge in [-0.3, -0.25) is 9.48 Å². The maximum absolute atomic E-state index is 12.3. The number of nitrogens with two attached hydrogens (primary N) is 1. The number of carbonyl (C=O) groups is 1. The minimum Gasteiger partial charge on any atom is -0.397 e. The molecule has 108 valence electrons. The number of amides is 1. The molecule has 1 fully saturated rings. The molecule has 20 heavy (non-hydrogen) atoms. The minimum absolute atomic E-state index is 0.0591. The molecule has 6 heteroatoms.